The molecule has 0 fully saturated rings. The Labute approximate surface area is 223 Å². The monoisotopic (exact) mass is 498 g/mol. The van der Waals surface area contributed by atoms with Crippen LogP contribution < -0.4 is 4.74 Å². The van der Waals surface area contributed by atoms with E-state index in [2.05, 4.69) is 73.7 Å². The molecule has 0 aliphatic carbocycles. The standard InChI is InChI=1S/C36H34O2/c1-2-3-4-5-6-7-8-9-10-11-30(37)38-29-22-27-19-18-25-15-13-23-12-14-24-16-17-26-20-21-28(29)36-34(26)32(24)31(23)33(25)35(27)36/h12-22H,2-11H2,1H3. The predicted octanol–water partition coefficient (Wildman–Crippen LogP) is 10.7. The molecular weight excluding hydrogens is 464 g/mol. The highest BCUT2D eigenvalue weighted by molar-refractivity contribution is 6.45. The Morgan fingerprint density at radius 1 is 0.526 bits per heavy atom. The Balaban J connectivity index is 1.22. The highest BCUT2D eigenvalue weighted by Crippen LogP contribution is 2.50. The number of benzene rings is 7. The summed E-state index contributed by atoms with van der Waals surface area (Å²) in [6, 6.07) is 24.3. The lowest BCUT2D eigenvalue weighted by molar-refractivity contribution is -0.134. The van der Waals surface area contributed by atoms with E-state index in [0.29, 0.717) is 12.2 Å². The lowest BCUT2D eigenvalue weighted by Crippen LogP contribution is -2.08. The second-order valence-electron chi connectivity index (χ2n) is 11.2. The van der Waals surface area contributed by atoms with Gasteiger partial charge in [0.05, 0.1) is 0 Å². The molecule has 7 rings (SSSR count). The second-order valence-corrected chi connectivity index (χ2v) is 11.2. The predicted molar refractivity (Wildman–Crippen MR) is 163 cm³/mol. The third-order valence-electron chi connectivity index (χ3n) is 8.67. The molecule has 0 aliphatic heterocycles. The van der Waals surface area contributed by atoms with Crippen molar-refractivity contribution in [2.24, 2.45) is 0 Å². The van der Waals surface area contributed by atoms with E-state index in [9.17, 15) is 4.79 Å². The van der Waals surface area contributed by atoms with E-state index in [1.165, 1.54) is 98.8 Å². The van der Waals surface area contributed by atoms with Crippen LogP contribution in [0.1, 0.15) is 71.1 Å². The fourth-order valence-corrected chi connectivity index (χ4v) is 6.79. The summed E-state index contributed by atoms with van der Waals surface area (Å²) < 4.78 is 6.10. The minimum atomic E-state index is -0.118. The van der Waals surface area contributed by atoms with Gasteiger partial charge in [0.25, 0.3) is 0 Å². The van der Waals surface area contributed by atoms with Crippen LogP contribution in [0, 0.1) is 0 Å². The first-order valence-corrected chi connectivity index (χ1v) is 14.6. The second kappa shape index (κ2) is 9.58. The van der Waals surface area contributed by atoms with Crippen molar-refractivity contribution in [3.05, 3.63) is 66.7 Å². The van der Waals surface area contributed by atoms with E-state index in [4.69, 9.17) is 4.74 Å². The van der Waals surface area contributed by atoms with Crippen LogP contribution in [0.3, 0.4) is 0 Å². The van der Waals surface area contributed by atoms with E-state index in [1.807, 2.05) is 0 Å². The van der Waals surface area contributed by atoms with Crippen LogP contribution in [-0.4, -0.2) is 5.97 Å². The van der Waals surface area contributed by atoms with Crippen molar-refractivity contribution < 1.29 is 9.53 Å². The van der Waals surface area contributed by atoms with Gasteiger partial charge in [-0.25, -0.2) is 0 Å². The molecule has 0 aromatic heterocycles. The van der Waals surface area contributed by atoms with Gasteiger partial charge in [0, 0.05) is 17.2 Å². The SMILES string of the molecule is CCCCCCCCCCCC(=O)Oc1cc2ccc3ccc4ccc5ccc6ccc1c1c6c5c4c3c21. The lowest BCUT2D eigenvalue weighted by Gasteiger charge is -2.21. The molecule has 0 amide bonds. The van der Waals surface area contributed by atoms with Crippen LogP contribution in [0.2, 0.25) is 0 Å². The zero-order chi connectivity index (χ0) is 25.6. The number of hydrogen-bond donors (Lipinski definition) is 0. The molecule has 0 unspecified atom stereocenters. The zero-order valence-electron chi connectivity index (χ0n) is 22.2. The molecule has 0 atom stereocenters. The summed E-state index contributed by atoms with van der Waals surface area (Å²) >= 11 is 0. The molecule has 0 spiro atoms. The maximum atomic E-state index is 13.0. The van der Waals surface area contributed by atoms with Crippen LogP contribution >= 0.6 is 0 Å². The number of unbranched alkanes of at least 4 members (excludes halogenated alkanes) is 8. The van der Waals surface area contributed by atoms with Crippen LogP contribution in [-0.2, 0) is 4.79 Å². The molecule has 0 saturated heterocycles. The molecule has 38 heavy (non-hydrogen) atoms. The third-order valence-corrected chi connectivity index (χ3v) is 8.67. The third kappa shape index (κ3) is 3.73. The number of carbonyl (C=O) groups is 1. The van der Waals surface area contributed by atoms with Gasteiger partial charge in [-0.05, 0) is 72.4 Å². The van der Waals surface area contributed by atoms with Gasteiger partial charge in [-0.3, -0.25) is 4.79 Å². The molecule has 0 heterocycles. The molecule has 7 aromatic carbocycles. The summed E-state index contributed by atoms with van der Waals surface area (Å²) in [6.45, 7) is 2.26. The van der Waals surface area contributed by atoms with Crippen molar-refractivity contribution in [3.8, 4) is 5.75 Å². The number of ether oxygens (including phenoxy) is 1. The average Bonchev–Trinajstić information content (AvgIpc) is 2.95. The Morgan fingerprint density at radius 3 is 1.50 bits per heavy atom. The zero-order valence-corrected chi connectivity index (χ0v) is 22.2. The molecule has 190 valence electrons. The first-order chi connectivity index (χ1) is 18.7. The molecule has 0 aliphatic rings. The Morgan fingerprint density at radius 2 is 0.947 bits per heavy atom. The summed E-state index contributed by atoms with van der Waals surface area (Å²) in [5.41, 5.74) is 0. The summed E-state index contributed by atoms with van der Waals surface area (Å²) in [7, 11) is 0. The summed E-state index contributed by atoms with van der Waals surface area (Å²) in [5.74, 6) is 0.575. The number of carbonyl (C=O) groups excluding carboxylic acids is 1. The molecule has 0 radical (unpaired) electrons. The fourth-order valence-electron chi connectivity index (χ4n) is 6.79. The smallest absolute Gasteiger partial charge is 0.311 e. The molecule has 2 nitrogen and oxygen atoms in total. The fraction of sp³-hybridized carbons (Fsp3) is 0.306. The highest BCUT2D eigenvalue weighted by atomic mass is 16.5. The van der Waals surface area contributed by atoms with Gasteiger partial charge >= 0.3 is 5.97 Å². The maximum absolute atomic E-state index is 13.0. The molecule has 0 saturated carbocycles. The Kier molecular flexibility index (Phi) is 5.92. The lowest BCUT2D eigenvalue weighted by atomic mass is 9.83. The van der Waals surface area contributed by atoms with Gasteiger partial charge < -0.3 is 4.74 Å². The van der Waals surface area contributed by atoms with E-state index in [1.54, 1.807) is 0 Å². The van der Waals surface area contributed by atoms with E-state index < -0.39 is 0 Å². The molecule has 0 N–H and O–H groups in total. The number of rotatable bonds is 11. The maximum Gasteiger partial charge on any atom is 0.311 e. The van der Waals surface area contributed by atoms with Gasteiger partial charge in [-0.2, -0.15) is 0 Å². The van der Waals surface area contributed by atoms with Crippen LogP contribution in [0.4, 0.5) is 0 Å². The van der Waals surface area contributed by atoms with Crippen molar-refractivity contribution in [2.75, 3.05) is 0 Å². The van der Waals surface area contributed by atoms with Crippen molar-refractivity contribution in [2.45, 2.75) is 71.1 Å². The molecule has 7 aromatic rings. The first-order valence-electron chi connectivity index (χ1n) is 14.6. The minimum Gasteiger partial charge on any atom is -0.426 e. The van der Waals surface area contributed by atoms with E-state index in [0.717, 1.165) is 23.6 Å². The van der Waals surface area contributed by atoms with Gasteiger partial charge in [0.15, 0.2) is 0 Å². The first kappa shape index (κ1) is 23.5. The normalized spacial score (nSPS) is 12.4. The van der Waals surface area contributed by atoms with Crippen molar-refractivity contribution in [3.63, 3.8) is 0 Å². The van der Waals surface area contributed by atoms with Gasteiger partial charge in [-0.1, -0.05) is 113 Å². The van der Waals surface area contributed by atoms with E-state index in [-0.39, 0.29) is 5.97 Å². The average molecular weight is 499 g/mol. The number of hydrogen-bond acceptors (Lipinski definition) is 2. The van der Waals surface area contributed by atoms with Gasteiger partial charge in [-0.15, -0.1) is 0 Å². The minimum absolute atomic E-state index is 0.118. The van der Waals surface area contributed by atoms with Crippen molar-refractivity contribution in [1.29, 1.82) is 0 Å². The van der Waals surface area contributed by atoms with Crippen LogP contribution in [0.15, 0.2) is 66.7 Å². The van der Waals surface area contributed by atoms with Gasteiger partial charge in [0.2, 0.25) is 0 Å². The summed E-state index contributed by atoms with van der Waals surface area (Å²) in [4.78, 5) is 13.0. The van der Waals surface area contributed by atoms with Crippen molar-refractivity contribution in [1.82, 2.24) is 0 Å². The summed E-state index contributed by atoms with van der Waals surface area (Å²) in [5, 5.41) is 15.0. The molecule has 0 bridgehead atoms. The van der Waals surface area contributed by atoms with Gasteiger partial charge in [0.1, 0.15) is 5.75 Å². The number of esters is 1. The summed E-state index contributed by atoms with van der Waals surface area (Å²) in [6.07, 6.45) is 11.6. The van der Waals surface area contributed by atoms with Crippen LogP contribution in [0.5, 0.6) is 5.75 Å². The molecular formula is C36H34O2. The highest BCUT2D eigenvalue weighted by Gasteiger charge is 2.22. The van der Waals surface area contributed by atoms with Crippen LogP contribution in [0.25, 0.3) is 64.6 Å². The van der Waals surface area contributed by atoms with E-state index >= 15 is 0 Å². The largest absolute Gasteiger partial charge is 0.426 e. The Bertz CT molecular complexity index is 1820. The van der Waals surface area contributed by atoms with Crippen molar-refractivity contribution >= 4 is 70.6 Å². The molecule has 2 heteroatoms. The Hall–Kier alpha value is -3.65. The topological polar surface area (TPSA) is 26.3 Å². The quantitative estimate of drug-likeness (QED) is 0.0583.